The molecule has 1 aromatic rings. The molecule has 1 amide bonds. The van der Waals surface area contributed by atoms with Gasteiger partial charge in [0.25, 0.3) is 5.91 Å². The molecule has 120 valence electrons. The minimum absolute atomic E-state index is 0.0977. The van der Waals surface area contributed by atoms with Gasteiger partial charge in [-0.05, 0) is 49.3 Å². The van der Waals surface area contributed by atoms with Gasteiger partial charge in [-0.2, -0.15) is 5.10 Å². The van der Waals surface area contributed by atoms with Crippen LogP contribution in [0.4, 0.5) is 0 Å². The third kappa shape index (κ3) is 4.01. The highest BCUT2D eigenvalue weighted by Crippen LogP contribution is 2.31. The van der Waals surface area contributed by atoms with Crippen LogP contribution >= 0.6 is 11.6 Å². The van der Waals surface area contributed by atoms with E-state index < -0.39 is 5.91 Å². The van der Waals surface area contributed by atoms with Crippen LogP contribution in [-0.4, -0.2) is 16.7 Å². The van der Waals surface area contributed by atoms with Crippen LogP contribution in [0, 0.1) is 17.8 Å². The van der Waals surface area contributed by atoms with Crippen LogP contribution in [-0.2, 0) is 0 Å². The summed E-state index contributed by atoms with van der Waals surface area (Å²) in [7, 11) is 0. The number of aromatic hydroxyl groups is 1. The Labute approximate surface area is 136 Å². The van der Waals surface area contributed by atoms with Crippen molar-refractivity contribution in [2.75, 3.05) is 0 Å². The summed E-state index contributed by atoms with van der Waals surface area (Å²) in [6, 6.07) is 4.39. The highest BCUT2D eigenvalue weighted by molar-refractivity contribution is 6.31. The van der Waals surface area contributed by atoms with Gasteiger partial charge in [-0.3, -0.25) is 4.79 Å². The summed E-state index contributed by atoms with van der Waals surface area (Å²) in [6.07, 6.45) is 3.21. The summed E-state index contributed by atoms with van der Waals surface area (Å²) < 4.78 is 0. The van der Waals surface area contributed by atoms with Gasteiger partial charge in [0.1, 0.15) is 5.75 Å². The number of hydrogen-bond acceptors (Lipinski definition) is 3. The third-order valence-corrected chi connectivity index (χ3v) is 4.50. The maximum Gasteiger partial charge on any atom is 0.275 e. The highest BCUT2D eigenvalue weighted by Gasteiger charge is 2.27. The molecule has 0 spiro atoms. The number of hydrogen-bond donors (Lipinski definition) is 2. The fraction of sp³-hybridized carbons (Fsp3) is 0.529. The zero-order valence-electron chi connectivity index (χ0n) is 13.3. The number of benzene rings is 1. The summed E-state index contributed by atoms with van der Waals surface area (Å²) in [4.78, 5) is 12.2. The maximum absolute atomic E-state index is 12.2. The lowest BCUT2D eigenvalue weighted by Crippen LogP contribution is -2.31. The van der Waals surface area contributed by atoms with E-state index in [0.717, 1.165) is 18.6 Å². The van der Waals surface area contributed by atoms with E-state index in [1.165, 1.54) is 24.6 Å². The molecule has 1 aliphatic carbocycles. The van der Waals surface area contributed by atoms with Crippen molar-refractivity contribution in [3.8, 4) is 5.75 Å². The van der Waals surface area contributed by atoms with Gasteiger partial charge in [-0.25, -0.2) is 5.43 Å². The first-order chi connectivity index (χ1) is 10.4. The molecule has 0 heterocycles. The highest BCUT2D eigenvalue weighted by atomic mass is 35.5. The number of amides is 1. The monoisotopic (exact) mass is 322 g/mol. The number of nitrogens with one attached hydrogen (secondary N) is 1. The van der Waals surface area contributed by atoms with Gasteiger partial charge in [0.2, 0.25) is 0 Å². The topological polar surface area (TPSA) is 61.7 Å². The van der Waals surface area contributed by atoms with Crippen molar-refractivity contribution in [1.29, 1.82) is 0 Å². The molecular weight excluding hydrogens is 300 g/mol. The van der Waals surface area contributed by atoms with E-state index in [-0.39, 0.29) is 11.3 Å². The number of carbonyl (C=O) groups excluding carboxylic acids is 1. The summed E-state index contributed by atoms with van der Waals surface area (Å²) in [6.45, 7) is 6.57. The molecule has 0 aliphatic heterocycles. The van der Waals surface area contributed by atoms with Crippen molar-refractivity contribution >= 4 is 23.2 Å². The Bertz CT molecular complexity index is 584. The number of nitrogens with zero attached hydrogens (tertiary/aromatic N) is 1. The molecule has 0 radical (unpaired) electrons. The van der Waals surface area contributed by atoms with Crippen LogP contribution in [0.3, 0.4) is 0 Å². The van der Waals surface area contributed by atoms with Crippen LogP contribution in [0.25, 0.3) is 0 Å². The lowest BCUT2D eigenvalue weighted by Gasteiger charge is -2.30. The minimum atomic E-state index is -0.437. The van der Waals surface area contributed by atoms with Gasteiger partial charge in [-0.15, -0.1) is 0 Å². The number of phenols is 1. The molecule has 1 fully saturated rings. The van der Waals surface area contributed by atoms with Gasteiger partial charge >= 0.3 is 0 Å². The lowest BCUT2D eigenvalue weighted by molar-refractivity contribution is 0.0951. The Balaban J connectivity index is 2.14. The van der Waals surface area contributed by atoms with Crippen LogP contribution in [0.5, 0.6) is 5.75 Å². The van der Waals surface area contributed by atoms with E-state index in [0.29, 0.717) is 22.8 Å². The largest absolute Gasteiger partial charge is 0.507 e. The van der Waals surface area contributed by atoms with Crippen LogP contribution in [0.2, 0.25) is 5.02 Å². The van der Waals surface area contributed by atoms with E-state index in [2.05, 4.69) is 31.3 Å². The Kier molecular flexibility index (Phi) is 5.46. The van der Waals surface area contributed by atoms with Gasteiger partial charge in [-0.1, -0.05) is 32.4 Å². The Morgan fingerprint density at radius 3 is 2.82 bits per heavy atom. The van der Waals surface area contributed by atoms with Gasteiger partial charge in [0.05, 0.1) is 5.56 Å². The fourth-order valence-corrected chi connectivity index (χ4v) is 3.13. The molecule has 2 atom stereocenters. The number of hydrazone groups is 1. The minimum Gasteiger partial charge on any atom is -0.507 e. The Morgan fingerprint density at radius 1 is 1.41 bits per heavy atom. The first-order valence-corrected chi connectivity index (χ1v) is 8.11. The molecule has 2 N–H and O–H groups in total. The molecule has 4 nitrogen and oxygen atoms in total. The molecule has 1 aliphatic rings. The molecule has 0 bridgehead atoms. The zero-order chi connectivity index (χ0) is 16.3. The molecule has 1 saturated carbocycles. The van der Waals surface area contributed by atoms with Crippen molar-refractivity contribution in [2.24, 2.45) is 22.9 Å². The predicted molar refractivity (Wildman–Crippen MR) is 89.4 cm³/mol. The first-order valence-electron chi connectivity index (χ1n) is 7.73. The number of carbonyl (C=O) groups is 1. The van der Waals surface area contributed by atoms with E-state index in [9.17, 15) is 9.90 Å². The standard InChI is InChI=1S/C17H23ClN2O2/c1-10(2)13-6-4-11(3)8-15(13)19-20-17(22)14-9-12(18)5-7-16(14)21/h5,7,9-11,13,21H,4,6,8H2,1-3H3,(H,20,22)/b19-15-/t11-,13-/m1/s1. The van der Waals surface area contributed by atoms with Crippen LogP contribution in [0.1, 0.15) is 50.4 Å². The lowest BCUT2D eigenvalue weighted by atomic mass is 9.76. The van der Waals surface area contributed by atoms with Gasteiger partial charge in [0, 0.05) is 16.7 Å². The Morgan fingerprint density at radius 2 is 2.14 bits per heavy atom. The average Bonchev–Trinajstić information content (AvgIpc) is 2.47. The second kappa shape index (κ2) is 7.14. The average molecular weight is 323 g/mol. The third-order valence-electron chi connectivity index (χ3n) is 4.27. The summed E-state index contributed by atoms with van der Waals surface area (Å²) in [5.41, 5.74) is 3.76. The van der Waals surface area contributed by atoms with Gasteiger partial charge in [0.15, 0.2) is 0 Å². The Hall–Kier alpha value is -1.55. The normalized spacial score (nSPS) is 23.8. The van der Waals surface area contributed by atoms with E-state index in [1.54, 1.807) is 0 Å². The van der Waals surface area contributed by atoms with Crippen molar-refractivity contribution in [2.45, 2.75) is 40.0 Å². The second-order valence-corrected chi connectivity index (χ2v) is 6.88. The first kappa shape index (κ1) is 16.8. The smallest absolute Gasteiger partial charge is 0.275 e. The second-order valence-electron chi connectivity index (χ2n) is 6.44. The zero-order valence-corrected chi connectivity index (χ0v) is 14.0. The van der Waals surface area contributed by atoms with Crippen molar-refractivity contribution in [3.63, 3.8) is 0 Å². The van der Waals surface area contributed by atoms with Crippen molar-refractivity contribution in [3.05, 3.63) is 28.8 Å². The molecule has 2 rings (SSSR count). The molecule has 1 aromatic carbocycles. The number of halogens is 1. The van der Waals surface area contributed by atoms with Gasteiger partial charge < -0.3 is 5.11 Å². The van der Waals surface area contributed by atoms with E-state index in [1.807, 2.05) is 0 Å². The number of phenolic OH excluding ortho intramolecular Hbond substituents is 1. The molecule has 22 heavy (non-hydrogen) atoms. The van der Waals surface area contributed by atoms with E-state index in [4.69, 9.17) is 11.6 Å². The fourth-order valence-electron chi connectivity index (χ4n) is 2.96. The predicted octanol–water partition coefficient (Wildman–Crippen LogP) is 4.22. The molecule has 0 saturated heterocycles. The van der Waals surface area contributed by atoms with Crippen LogP contribution in [0.15, 0.2) is 23.3 Å². The molecule has 0 unspecified atom stereocenters. The quantitative estimate of drug-likeness (QED) is 0.818. The number of rotatable bonds is 3. The van der Waals surface area contributed by atoms with Crippen molar-refractivity contribution < 1.29 is 9.90 Å². The van der Waals surface area contributed by atoms with Crippen LogP contribution < -0.4 is 5.43 Å². The summed E-state index contributed by atoms with van der Waals surface area (Å²) >= 11 is 5.87. The summed E-state index contributed by atoms with van der Waals surface area (Å²) in [5.74, 6) is 0.963. The molecular formula is C17H23ClN2O2. The van der Waals surface area contributed by atoms with E-state index >= 15 is 0 Å². The summed E-state index contributed by atoms with van der Waals surface area (Å²) in [5, 5.41) is 14.5. The maximum atomic E-state index is 12.2. The molecule has 5 heteroatoms. The van der Waals surface area contributed by atoms with Crippen molar-refractivity contribution in [1.82, 2.24) is 5.43 Å². The SMILES string of the molecule is CC(C)[C@H]1CC[C@@H](C)C/C1=N/NC(=O)c1cc(Cl)ccc1O. The molecule has 0 aromatic heterocycles.